The first-order chi connectivity index (χ1) is 6.15. The monoisotopic (exact) mass is 204 g/mol. The summed E-state index contributed by atoms with van der Waals surface area (Å²) in [7, 11) is 0. The number of aliphatic hydroxyl groups excluding tert-OH is 1. The third-order valence-corrected chi connectivity index (χ3v) is 4.19. The summed E-state index contributed by atoms with van der Waals surface area (Å²) < 4.78 is 0. The summed E-state index contributed by atoms with van der Waals surface area (Å²) in [5, 5.41) is 17.8. The molecule has 0 aromatic heterocycles. The zero-order valence-electron chi connectivity index (χ0n) is 7.77. The van der Waals surface area contributed by atoms with Crippen LogP contribution >= 0.6 is 11.8 Å². The number of hydrogen-bond acceptors (Lipinski definition) is 3. The molecule has 0 heterocycles. The van der Waals surface area contributed by atoms with E-state index in [1.165, 1.54) is 0 Å². The van der Waals surface area contributed by atoms with Crippen LogP contribution < -0.4 is 0 Å². The van der Waals surface area contributed by atoms with Gasteiger partial charge in [0.2, 0.25) is 0 Å². The molecule has 1 saturated carbocycles. The Bertz CT molecular complexity index is 184. The fourth-order valence-electron chi connectivity index (χ4n) is 1.29. The maximum absolute atomic E-state index is 10.6. The molecule has 0 saturated heterocycles. The largest absolute Gasteiger partial charge is 0.481 e. The molecule has 0 bridgehead atoms. The van der Waals surface area contributed by atoms with Gasteiger partial charge in [-0.25, -0.2) is 0 Å². The molecule has 0 spiro atoms. The maximum Gasteiger partial charge on any atom is 0.307 e. The zero-order chi connectivity index (χ0) is 9.84. The van der Waals surface area contributed by atoms with Crippen molar-refractivity contribution in [3.63, 3.8) is 0 Å². The Morgan fingerprint density at radius 2 is 2.31 bits per heavy atom. The summed E-state index contributed by atoms with van der Waals surface area (Å²) >= 11 is 1.69. The Labute approximate surface area is 82.5 Å². The molecule has 3 nitrogen and oxygen atoms in total. The topological polar surface area (TPSA) is 57.5 Å². The second-order valence-corrected chi connectivity index (χ2v) is 4.95. The van der Waals surface area contributed by atoms with Crippen LogP contribution in [-0.4, -0.2) is 33.8 Å². The van der Waals surface area contributed by atoms with E-state index in [0.717, 1.165) is 18.6 Å². The van der Waals surface area contributed by atoms with Gasteiger partial charge in [-0.05, 0) is 24.5 Å². The lowest BCUT2D eigenvalue weighted by Gasteiger charge is -2.33. The molecular weight excluding hydrogens is 188 g/mol. The van der Waals surface area contributed by atoms with Crippen molar-refractivity contribution in [1.82, 2.24) is 0 Å². The summed E-state index contributed by atoms with van der Waals surface area (Å²) in [5.41, 5.74) is 0. The van der Waals surface area contributed by atoms with Crippen LogP contribution in [0, 0.1) is 11.8 Å². The molecule has 76 valence electrons. The van der Waals surface area contributed by atoms with Crippen molar-refractivity contribution in [2.75, 3.05) is 12.4 Å². The minimum atomic E-state index is -0.666. The van der Waals surface area contributed by atoms with Gasteiger partial charge in [0.15, 0.2) is 0 Å². The molecular formula is C9H16O3S. The number of hydrogen-bond donors (Lipinski definition) is 2. The van der Waals surface area contributed by atoms with Crippen molar-refractivity contribution in [1.29, 1.82) is 0 Å². The normalized spacial score (nSPS) is 29.4. The van der Waals surface area contributed by atoms with Crippen molar-refractivity contribution in [3.8, 4) is 0 Å². The van der Waals surface area contributed by atoms with Crippen LogP contribution in [0.2, 0.25) is 0 Å². The summed E-state index contributed by atoms with van der Waals surface area (Å²) in [6.45, 7) is 2.17. The van der Waals surface area contributed by atoms with E-state index >= 15 is 0 Å². The van der Waals surface area contributed by atoms with Gasteiger partial charge in [0.1, 0.15) is 0 Å². The quantitative estimate of drug-likeness (QED) is 0.706. The summed E-state index contributed by atoms with van der Waals surface area (Å²) in [5.74, 6) is 0.335. The van der Waals surface area contributed by atoms with Gasteiger partial charge in [-0.1, -0.05) is 6.92 Å². The van der Waals surface area contributed by atoms with E-state index in [2.05, 4.69) is 0 Å². The first-order valence-electron chi connectivity index (χ1n) is 4.60. The van der Waals surface area contributed by atoms with E-state index in [-0.39, 0.29) is 23.7 Å². The van der Waals surface area contributed by atoms with Gasteiger partial charge in [-0.15, -0.1) is 0 Å². The van der Waals surface area contributed by atoms with Crippen molar-refractivity contribution in [2.24, 2.45) is 11.8 Å². The molecule has 13 heavy (non-hydrogen) atoms. The smallest absolute Gasteiger partial charge is 0.307 e. The van der Waals surface area contributed by atoms with Crippen LogP contribution in [0.3, 0.4) is 0 Å². The lowest BCUT2D eigenvalue weighted by atomic mass is 9.85. The minimum Gasteiger partial charge on any atom is -0.481 e. The van der Waals surface area contributed by atoms with E-state index in [1.807, 2.05) is 6.92 Å². The summed E-state index contributed by atoms with van der Waals surface area (Å²) in [6, 6.07) is 0. The van der Waals surface area contributed by atoms with E-state index < -0.39 is 5.97 Å². The third kappa shape index (κ3) is 2.88. The highest BCUT2D eigenvalue weighted by molar-refractivity contribution is 8.00. The second kappa shape index (κ2) is 4.86. The molecule has 0 radical (unpaired) electrons. The van der Waals surface area contributed by atoms with Crippen LogP contribution in [-0.2, 0) is 4.79 Å². The van der Waals surface area contributed by atoms with Gasteiger partial charge in [0.25, 0.3) is 0 Å². The molecule has 4 heteroatoms. The fraction of sp³-hybridized carbons (Fsp3) is 0.889. The fourth-order valence-corrected chi connectivity index (χ4v) is 2.76. The molecule has 3 atom stereocenters. The van der Waals surface area contributed by atoms with E-state index in [4.69, 9.17) is 10.2 Å². The van der Waals surface area contributed by atoms with Gasteiger partial charge < -0.3 is 10.2 Å². The van der Waals surface area contributed by atoms with E-state index in [9.17, 15) is 4.79 Å². The molecule has 3 unspecified atom stereocenters. The minimum absolute atomic E-state index is 0.143. The number of carboxylic acids is 1. The van der Waals surface area contributed by atoms with E-state index in [1.54, 1.807) is 11.8 Å². The number of rotatable bonds is 5. The molecule has 0 aromatic rings. The van der Waals surface area contributed by atoms with Crippen LogP contribution in [0.4, 0.5) is 0 Å². The lowest BCUT2D eigenvalue weighted by molar-refractivity contribution is -0.144. The maximum atomic E-state index is 10.6. The van der Waals surface area contributed by atoms with Crippen LogP contribution in [0.5, 0.6) is 0 Å². The Morgan fingerprint density at radius 1 is 1.62 bits per heavy atom. The van der Waals surface area contributed by atoms with Crippen LogP contribution in [0.25, 0.3) is 0 Å². The highest BCUT2D eigenvalue weighted by Gasteiger charge is 2.36. The molecule has 0 aliphatic heterocycles. The number of thioether (sulfide) groups is 1. The highest BCUT2D eigenvalue weighted by atomic mass is 32.2. The van der Waals surface area contributed by atoms with Gasteiger partial charge >= 0.3 is 5.97 Å². The zero-order valence-corrected chi connectivity index (χ0v) is 8.59. The molecule has 2 N–H and O–H groups in total. The van der Waals surface area contributed by atoms with Gasteiger partial charge in [0.05, 0.1) is 5.92 Å². The molecule has 1 aliphatic carbocycles. The first-order valence-corrected chi connectivity index (χ1v) is 5.65. The first kappa shape index (κ1) is 10.9. The lowest BCUT2D eigenvalue weighted by Crippen LogP contribution is -2.35. The molecule has 1 aliphatic rings. The SMILES string of the molecule is CC(CO)CSC1CCC1C(=O)O. The molecule has 1 fully saturated rings. The third-order valence-electron chi connectivity index (χ3n) is 2.43. The molecule has 1 rings (SSSR count). The summed E-state index contributed by atoms with van der Waals surface area (Å²) in [6.07, 6.45) is 1.83. The Morgan fingerprint density at radius 3 is 2.69 bits per heavy atom. The van der Waals surface area contributed by atoms with E-state index in [0.29, 0.717) is 0 Å². The predicted octanol–water partition coefficient (Wildman–Crippen LogP) is 1.21. The van der Waals surface area contributed by atoms with Crippen molar-refractivity contribution >= 4 is 17.7 Å². The van der Waals surface area contributed by atoms with Crippen molar-refractivity contribution < 1.29 is 15.0 Å². The highest BCUT2D eigenvalue weighted by Crippen LogP contribution is 2.38. The number of carboxylic acid groups (broad SMARTS) is 1. The number of aliphatic hydroxyl groups is 1. The average Bonchev–Trinajstić information content (AvgIpc) is 2.01. The Hall–Kier alpha value is -0.220. The number of carbonyl (C=O) groups is 1. The van der Waals surface area contributed by atoms with Crippen LogP contribution in [0.1, 0.15) is 19.8 Å². The second-order valence-electron chi connectivity index (χ2n) is 3.68. The van der Waals surface area contributed by atoms with Gasteiger partial charge in [-0.3, -0.25) is 4.79 Å². The predicted molar refractivity (Wildman–Crippen MR) is 52.9 cm³/mol. The number of aliphatic carboxylic acids is 1. The summed E-state index contributed by atoms with van der Waals surface area (Å²) in [4.78, 5) is 10.6. The molecule has 0 aromatic carbocycles. The Kier molecular flexibility index (Phi) is 4.06. The Balaban J connectivity index is 2.19. The average molecular weight is 204 g/mol. The standard InChI is InChI=1S/C9H16O3S/c1-6(4-10)5-13-8-3-2-7(8)9(11)12/h6-8,10H,2-5H2,1H3,(H,11,12). The van der Waals surface area contributed by atoms with Crippen molar-refractivity contribution in [3.05, 3.63) is 0 Å². The van der Waals surface area contributed by atoms with Crippen molar-refractivity contribution in [2.45, 2.75) is 25.0 Å². The van der Waals surface area contributed by atoms with Crippen LogP contribution in [0.15, 0.2) is 0 Å². The van der Waals surface area contributed by atoms with Gasteiger partial charge in [-0.2, -0.15) is 11.8 Å². The van der Waals surface area contributed by atoms with Gasteiger partial charge in [0, 0.05) is 11.9 Å². The molecule has 0 amide bonds.